The molecule has 110 valence electrons. The lowest BCUT2D eigenvalue weighted by atomic mass is 10.1. The van der Waals surface area contributed by atoms with Crippen molar-refractivity contribution in [1.29, 1.82) is 0 Å². The summed E-state index contributed by atoms with van der Waals surface area (Å²) in [6.07, 6.45) is 2.47. The van der Waals surface area contributed by atoms with Crippen LogP contribution in [0.25, 0.3) is 0 Å². The van der Waals surface area contributed by atoms with E-state index in [1.54, 1.807) is 12.1 Å². The van der Waals surface area contributed by atoms with Crippen molar-refractivity contribution in [1.82, 2.24) is 4.90 Å². The predicted molar refractivity (Wildman–Crippen MR) is 79.7 cm³/mol. The zero-order valence-corrected chi connectivity index (χ0v) is 12.1. The summed E-state index contributed by atoms with van der Waals surface area (Å²) in [6.45, 7) is 2.66. The molecule has 0 radical (unpaired) electrons. The van der Waals surface area contributed by atoms with E-state index in [-0.39, 0.29) is 18.4 Å². The normalized spacial score (nSPS) is 17.2. The van der Waals surface area contributed by atoms with Crippen LogP contribution >= 0.6 is 0 Å². The molecule has 1 amide bonds. The van der Waals surface area contributed by atoms with E-state index < -0.39 is 5.97 Å². The molecular formula is C17H19NO3. The zero-order chi connectivity index (χ0) is 15.2. The molecule has 21 heavy (non-hydrogen) atoms. The molecule has 0 bridgehead atoms. The largest absolute Gasteiger partial charge is 0.481 e. The fourth-order valence-electron chi connectivity index (χ4n) is 2.47. The van der Waals surface area contributed by atoms with Crippen molar-refractivity contribution in [3.63, 3.8) is 0 Å². The number of carboxylic acids is 1. The highest BCUT2D eigenvalue weighted by atomic mass is 16.4. The molecule has 4 nitrogen and oxygen atoms in total. The van der Waals surface area contributed by atoms with Crippen molar-refractivity contribution < 1.29 is 14.7 Å². The molecule has 1 atom stereocenters. The van der Waals surface area contributed by atoms with Gasteiger partial charge in [0.1, 0.15) is 0 Å². The summed E-state index contributed by atoms with van der Waals surface area (Å²) in [4.78, 5) is 24.3. The number of likely N-dealkylation sites (tertiary alicyclic amines) is 1. The monoisotopic (exact) mass is 285 g/mol. The van der Waals surface area contributed by atoms with Crippen LogP contribution in [-0.2, 0) is 16.0 Å². The number of rotatable bonds is 3. The van der Waals surface area contributed by atoms with Gasteiger partial charge < -0.3 is 10.0 Å². The minimum absolute atomic E-state index is 0.0103. The van der Waals surface area contributed by atoms with Gasteiger partial charge >= 0.3 is 5.97 Å². The van der Waals surface area contributed by atoms with Crippen molar-refractivity contribution in [3.05, 3.63) is 35.4 Å². The first-order valence-corrected chi connectivity index (χ1v) is 7.22. The van der Waals surface area contributed by atoms with Gasteiger partial charge in [-0.25, -0.2) is 0 Å². The molecule has 1 aromatic rings. The average Bonchev–Trinajstić information content (AvgIpc) is 2.93. The molecular weight excluding hydrogens is 266 g/mol. The van der Waals surface area contributed by atoms with Gasteiger partial charge in [-0.15, -0.1) is 0 Å². The molecule has 0 saturated carbocycles. The molecule has 1 unspecified atom stereocenters. The van der Waals surface area contributed by atoms with E-state index in [2.05, 4.69) is 11.8 Å². The predicted octanol–water partition coefficient (Wildman–Crippen LogP) is 2.07. The number of aliphatic carboxylic acids is 1. The van der Waals surface area contributed by atoms with E-state index in [1.807, 2.05) is 24.0 Å². The minimum Gasteiger partial charge on any atom is -0.481 e. The molecule has 1 aliphatic rings. The smallest absolute Gasteiger partial charge is 0.307 e. The van der Waals surface area contributed by atoms with E-state index in [0.29, 0.717) is 6.42 Å². The summed E-state index contributed by atoms with van der Waals surface area (Å²) >= 11 is 0. The van der Waals surface area contributed by atoms with Gasteiger partial charge in [-0.2, -0.15) is 0 Å². The Kier molecular flexibility index (Phi) is 4.99. The maximum absolute atomic E-state index is 11.8. The third-order valence-corrected chi connectivity index (χ3v) is 3.57. The standard InChI is InChI=1S/C17H19NO3/c1-2-16(19)18-11-3-4-15(18)10-9-13-5-7-14(8-6-13)12-17(20)21/h5-8,15H,2-4,11-12H2,1H3,(H,20,21). The Hall–Kier alpha value is -2.28. The van der Waals surface area contributed by atoms with Gasteiger partial charge in [0.15, 0.2) is 0 Å². The molecule has 0 spiro atoms. The van der Waals surface area contributed by atoms with E-state index >= 15 is 0 Å². The molecule has 0 aromatic heterocycles. The Bertz CT molecular complexity index is 580. The van der Waals surface area contributed by atoms with Gasteiger partial charge in [0.2, 0.25) is 5.91 Å². The molecule has 4 heteroatoms. The van der Waals surface area contributed by atoms with Crippen LogP contribution in [0.2, 0.25) is 0 Å². The minimum atomic E-state index is -0.839. The molecule has 1 fully saturated rings. The molecule has 2 rings (SSSR count). The molecule has 1 saturated heterocycles. The van der Waals surface area contributed by atoms with Gasteiger partial charge in [0.05, 0.1) is 12.5 Å². The lowest BCUT2D eigenvalue weighted by Crippen LogP contribution is -2.34. The number of benzene rings is 1. The Morgan fingerprint density at radius 3 is 2.67 bits per heavy atom. The Labute approximate surface area is 124 Å². The highest BCUT2D eigenvalue weighted by Crippen LogP contribution is 2.17. The second-order valence-electron chi connectivity index (χ2n) is 5.14. The van der Waals surface area contributed by atoms with Gasteiger partial charge in [-0.1, -0.05) is 30.9 Å². The lowest BCUT2D eigenvalue weighted by molar-refractivity contribution is -0.136. The highest BCUT2D eigenvalue weighted by molar-refractivity contribution is 5.77. The van der Waals surface area contributed by atoms with Crippen LogP contribution < -0.4 is 0 Å². The van der Waals surface area contributed by atoms with E-state index in [9.17, 15) is 9.59 Å². The first-order valence-electron chi connectivity index (χ1n) is 7.22. The number of carbonyl (C=O) groups is 2. The number of carboxylic acid groups (broad SMARTS) is 1. The summed E-state index contributed by atoms with van der Waals surface area (Å²) in [6, 6.07) is 7.22. The van der Waals surface area contributed by atoms with Gasteiger partial charge in [-0.05, 0) is 30.5 Å². The summed E-state index contributed by atoms with van der Waals surface area (Å²) in [5, 5.41) is 8.72. The van der Waals surface area contributed by atoms with Crippen LogP contribution in [0.15, 0.2) is 24.3 Å². The number of hydrogen-bond acceptors (Lipinski definition) is 2. The lowest BCUT2D eigenvalue weighted by Gasteiger charge is -2.19. The van der Waals surface area contributed by atoms with Crippen molar-refractivity contribution in [2.75, 3.05) is 6.54 Å². The van der Waals surface area contributed by atoms with Crippen LogP contribution in [0.3, 0.4) is 0 Å². The first kappa shape index (κ1) is 15.1. The average molecular weight is 285 g/mol. The zero-order valence-electron chi connectivity index (χ0n) is 12.1. The maximum Gasteiger partial charge on any atom is 0.307 e. The van der Waals surface area contributed by atoms with Crippen LogP contribution in [-0.4, -0.2) is 34.5 Å². The summed E-state index contributed by atoms with van der Waals surface area (Å²) < 4.78 is 0. The second kappa shape index (κ2) is 6.94. The number of nitrogens with zero attached hydrogens (tertiary/aromatic N) is 1. The number of hydrogen-bond donors (Lipinski definition) is 1. The summed E-state index contributed by atoms with van der Waals surface area (Å²) in [5.41, 5.74) is 1.61. The van der Waals surface area contributed by atoms with Crippen molar-refractivity contribution in [2.24, 2.45) is 0 Å². The third-order valence-electron chi connectivity index (χ3n) is 3.57. The van der Waals surface area contributed by atoms with Crippen LogP contribution in [0.1, 0.15) is 37.3 Å². The van der Waals surface area contributed by atoms with Gasteiger partial charge in [0.25, 0.3) is 0 Å². The fraction of sp³-hybridized carbons (Fsp3) is 0.412. The Morgan fingerprint density at radius 2 is 2.05 bits per heavy atom. The van der Waals surface area contributed by atoms with E-state index in [0.717, 1.165) is 30.5 Å². The SMILES string of the molecule is CCC(=O)N1CCCC1C#Cc1ccc(CC(=O)O)cc1. The van der Waals surface area contributed by atoms with E-state index in [1.165, 1.54) is 0 Å². The molecule has 1 aliphatic heterocycles. The Morgan fingerprint density at radius 1 is 1.33 bits per heavy atom. The summed E-state index contributed by atoms with van der Waals surface area (Å²) in [7, 11) is 0. The molecule has 1 aromatic carbocycles. The maximum atomic E-state index is 11.8. The second-order valence-corrected chi connectivity index (χ2v) is 5.14. The van der Waals surface area contributed by atoms with Crippen molar-refractivity contribution >= 4 is 11.9 Å². The van der Waals surface area contributed by atoms with Crippen molar-refractivity contribution in [2.45, 2.75) is 38.6 Å². The molecule has 1 heterocycles. The van der Waals surface area contributed by atoms with Gasteiger partial charge in [0, 0.05) is 18.5 Å². The highest BCUT2D eigenvalue weighted by Gasteiger charge is 2.25. The van der Waals surface area contributed by atoms with Gasteiger partial charge in [-0.3, -0.25) is 9.59 Å². The van der Waals surface area contributed by atoms with Crippen LogP contribution in [0, 0.1) is 11.8 Å². The Balaban J connectivity index is 2.04. The molecule has 1 N–H and O–H groups in total. The fourth-order valence-corrected chi connectivity index (χ4v) is 2.47. The third kappa shape index (κ3) is 4.09. The first-order chi connectivity index (χ1) is 10.1. The molecule has 0 aliphatic carbocycles. The number of carbonyl (C=O) groups excluding carboxylic acids is 1. The van der Waals surface area contributed by atoms with Crippen molar-refractivity contribution in [3.8, 4) is 11.8 Å². The number of amides is 1. The van der Waals surface area contributed by atoms with E-state index in [4.69, 9.17) is 5.11 Å². The van der Waals surface area contributed by atoms with Crippen LogP contribution in [0.5, 0.6) is 0 Å². The topological polar surface area (TPSA) is 57.6 Å². The van der Waals surface area contributed by atoms with Crippen LogP contribution in [0.4, 0.5) is 0 Å². The summed E-state index contributed by atoms with van der Waals surface area (Å²) in [5.74, 6) is 5.56. The quantitative estimate of drug-likeness (QED) is 0.865.